The molecular formula is C58H48N2O2P2+2. The van der Waals surface area contributed by atoms with Gasteiger partial charge in [0, 0.05) is 23.6 Å². The number of rotatable bonds is 14. The molecule has 0 bridgehead atoms. The molecule has 4 nitrogen and oxygen atoms in total. The monoisotopic (exact) mass is 866 g/mol. The Bertz CT molecular complexity index is 2600. The SMILES string of the molecule is Oc1ccc(C[P+](c2ccccc2)(c2ccccc2)c2ccccc2)cc1C=Nc1ccccc1N=Cc1cc(C[P+](c2ccccc2)(c2ccccc2)c2ccccc2)ccc1O. The van der Waals surface area contributed by atoms with Crippen molar-refractivity contribution >= 4 is 70.2 Å². The molecule has 64 heavy (non-hydrogen) atoms. The van der Waals surface area contributed by atoms with Crippen LogP contribution in [-0.2, 0) is 12.3 Å². The number of phenols is 2. The molecule has 0 aliphatic heterocycles. The third kappa shape index (κ3) is 8.85. The summed E-state index contributed by atoms with van der Waals surface area (Å²) in [6.07, 6.45) is 4.97. The lowest BCUT2D eigenvalue weighted by atomic mass is 10.1. The fourth-order valence-corrected chi connectivity index (χ4v) is 17.1. The van der Waals surface area contributed by atoms with Crippen LogP contribution in [-0.4, -0.2) is 22.6 Å². The van der Waals surface area contributed by atoms with E-state index in [9.17, 15) is 10.2 Å². The van der Waals surface area contributed by atoms with Gasteiger partial charge in [0.25, 0.3) is 0 Å². The molecule has 2 N–H and O–H groups in total. The van der Waals surface area contributed by atoms with Crippen LogP contribution in [0.25, 0.3) is 0 Å². The summed E-state index contributed by atoms with van der Waals surface area (Å²) in [6.45, 7) is 0. The fraction of sp³-hybridized carbons (Fsp3) is 0.0345. The van der Waals surface area contributed by atoms with Crippen molar-refractivity contribution in [2.75, 3.05) is 0 Å². The van der Waals surface area contributed by atoms with Gasteiger partial charge in [0.1, 0.15) is 57.9 Å². The molecule has 0 spiro atoms. The van der Waals surface area contributed by atoms with Crippen molar-refractivity contribution in [3.63, 3.8) is 0 Å². The molecule has 9 aromatic carbocycles. The second kappa shape index (κ2) is 19.4. The van der Waals surface area contributed by atoms with Crippen LogP contribution in [0.15, 0.2) is 253 Å². The maximum atomic E-state index is 11.2. The summed E-state index contributed by atoms with van der Waals surface area (Å²) < 4.78 is 0. The normalized spacial score (nSPS) is 11.9. The maximum Gasteiger partial charge on any atom is 0.124 e. The lowest BCUT2D eigenvalue weighted by Gasteiger charge is -2.28. The Hall–Kier alpha value is -7.22. The number of hydrogen-bond donors (Lipinski definition) is 2. The van der Waals surface area contributed by atoms with E-state index in [0.29, 0.717) is 22.5 Å². The third-order valence-corrected chi connectivity index (χ3v) is 20.5. The topological polar surface area (TPSA) is 65.2 Å². The van der Waals surface area contributed by atoms with Gasteiger partial charge >= 0.3 is 0 Å². The van der Waals surface area contributed by atoms with Crippen LogP contribution < -0.4 is 31.8 Å². The molecule has 0 atom stereocenters. The van der Waals surface area contributed by atoms with Crippen molar-refractivity contribution in [2.45, 2.75) is 12.3 Å². The second-order valence-corrected chi connectivity index (χ2v) is 22.7. The van der Waals surface area contributed by atoms with Gasteiger partial charge in [-0.2, -0.15) is 0 Å². The molecular weight excluding hydrogens is 819 g/mol. The van der Waals surface area contributed by atoms with Crippen LogP contribution >= 0.6 is 14.5 Å². The van der Waals surface area contributed by atoms with Crippen LogP contribution in [0.1, 0.15) is 22.3 Å². The standard InChI is InChI=1S/C58H46N2O2P2/c61-57-37-35-45(43-63(49-21-7-1-8-22-49,50-23-9-2-10-24-50)51-25-11-3-12-26-51)39-47(57)41-59-55-33-19-20-34-56(55)60-42-48-40-46(36-38-58(48)62)44-64(52-27-13-4-14-28-52,53-29-15-5-16-30-53)54-31-17-6-18-32-54/h1-42H,43-44H2/p+2. The number of nitrogens with zero attached hydrogens (tertiary/aromatic N) is 2. The molecule has 0 heterocycles. The first-order valence-electron chi connectivity index (χ1n) is 21.4. The van der Waals surface area contributed by atoms with E-state index < -0.39 is 14.5 Å². The summed E-state index contributed by atoms with van der Waals surface area (Å²) in [7, 11) is -4.33. The average molecular weight is 867 g/mol. The van der Waals surface area contributed by atoms with E-state index in [1.54, 1.807) is 24.6 Å². The summed E-state index contributed by atoms with van der Waals surface area (Å²) in [5.41, 5.74) is 4.72. The summed E-state index contributed by atoms with van der Waals surface area (Å²) in [4.78, 5) is 9.81. The summed E-state index contributed by atoms with van der Waals surface area (Å²) in [5, 5.41) is 30.2. The van der Waals surface area contributed by atoms with Gasteiger partial charge in [0.15, 0.2) is 0 Å². The predicted octanol–water partition coefficient (Wildman–Crippen LogP) is 11.6. The van der Waals surface area contributed by atoms with E-state index in [4.69, 9.17) is 9.98 Å². The van der Waals surface area contributed by atoms with Gasteiger partial charge in [0.2, 0.25) is 0 Å². The highest BCUT2D eigenvalue weighted by Gasteiger charge is 2.46. The number of aromatic hydroxyl groups is 2. The van der Waals surface area contributed by atoms with Crippen molar-refractivity contribution in [3.05, 3.63) is 265 Å². The zero-order valence-electron chi connectivity index (χ0n) is 35.3. The molecule has 0 saturated heterocycles. The maximum absolute atomic E-state index is 11.2. The van der Waals surface area contributed by atoms with Crippen molar-refractivity contribution in [2.24, 2.45) is 9.98 Å². The second-order valence-electron chi connectivity index (χ2n) is 15.7. The smallest absolute Gasteiger partial charge is 0.124 e. The minimum Gasteiger partial charge on any atom is -0.507 e. The zero-order valence-corrected chi connectivity index (χ0v) is 37.1. The molecule has 0 aliphatic carbocycles. The first kappa shape index (κ1) is 42.1. The van der Waals surface area contributed by atoms with E-state index in [2.05, 4.69) is 194 Å². The molecule has 0 fully saturated rings. The quantitative estimate of drug-likeness (QED) is 0.0845. The number of para-hydroxylation sites is 2. The van der Waals surface area contributed by atoms with Gasteiger partial charge in [-0.15, -0.1) is 0 Å². The summed E-state index contributed by atoms with van der Waals surface area (Å²) >= 11 is 0. The van der Waals surface area contributed by atoms with Crippen LogP contribution in [0.5, 0.6) is 11.5 Å². The Kier molecular flexibility index (Phi) is 12.8. The van der Waals surface area contributed by atoms with Crippen molar-refractivity contribution in [1.29, 1.82) is 0 Å². The molecule has 0 aliphatic rings. The van der Waals surface area contributed by atoms with Crippen LogP contribution in [0, 0.1) is 0 Å². The van der Waals surface area contributed by atoms with E-state index in [-0.39, 0.29) is 11.5 Å². The molecule has 9 aromatic rings. The highest BCUT2D eigenvalue weighted by Crippen LogP contribution is 2.59. The van der Waals surface area contributed by atoms with Crippen LogP contribution in [0.3, 0.4) is 0 Å². The molecule has 9 rings (SSSR count). The largest absolute Gasteiger partial charge is 0.507 e. The Balaban J connectivity index is 1.03. The summed E-state index contributed by atoms with van der Waals surface area (Å²) in [5.74, 6) is 0.303. The van der Waals surface area contributed by atoms with Crippen molar-refractivity contribution in [1.82, 2.24) is 0 Å². The number of benzene rings is 9. The van der Waals surface area contributed by atoms with Crippen LogP contribution in [0.4, 0.5) is 11.4 Å². The van der Waals surface area contributed by atoms with Crippen molar-refractivity contribution in [3.8, 4) is 11.5 Å². The molecule has 0 radical (unpaired) electrons. The van der Waals surface area contributed by atoms with E-state index in [1.807, 2.05) is 36.4 Å². The Morgan fingerprint density at radius 1 is 0.312 bits per heavy atom. The third-order valence-electron chi connectivity index (χ3n) is 11.8. The molecule has 0 saturated carbocycles. The van der Waals surface area contributed by atoms with Gasteiger partial charge < -0.3 is 10.2 Å². The molecule has 0 amide bonds. The molecule has 6 heteroatoms. The Morgan fingerprint density at radius 2 is 0.562 bits per heavy atom. The van der Waals surface area contributed by atoms with Gasteiger partial charge in [-0.1, -0.05) is 133 Å². The van der Waals surface area contributed by atoms with E-state index in [0.717, 1.165) is 23.5 Å². The van der Waals surface area contributed by atoms with Crippen molar-refractivity contribution < 1.29 is 10.2 Å². The average Bonchev–Trinajstić information content (AvgIpc) is 3.37. The van der Waals surface area contributed by atoms with Gasteiger partial charge in [0.05, 0.1) is 23.7 Å². The Morgan fingerprint density at radius 3 is 0.828 bits per heavy atom. The molecule has 0 unspecified atom stereocenters. The number of hydrogen-bond acceptors (Lipinski definition) is 4. The van der Waals surface area contributed by atoms with E-state index >= 15 is 0 Å². The first-order valence-corrected chi connectivity index (χ1v) is 25.4. The minimum atomic E-state index is -2.16. The minimum absolute atomic E-state index is 0.152. The molecule has 0 aromatic heterocycles. The highest BCUT2D eigenvalue weighted by molar-refractivity contribution is 7.95. The lowest BCUT2D eigenvalue weighted by molar-refractivity contribution is 0.474. The first-order chi connectivity index (χ1) is 31.5. The fourth-order valence-electron chi connectivity index (χ4n) is 8.66. The summed E-state index contributed by atoms with van der Waals surface area (Å²) in [6, 6.07) is 84.3. The zero-order chi connectivity index (χ0) is 43.6. The number of phenolic OH excluding ortho intramolecular Hbond substituents is 2. The van der Waals surface area contributed by atoms with Gasteiger partial charge in [-0.05, 0) is 120 Å². The lowest BCUT2D eigenvalue weighted by Crippen LogP contribution is -2.32. The van der Waals surface area contributed by atoms with Gasteiger partial charge in [-0.25, -0.2) is 0 Å². The van der Waals surface area contributed by atoms with Crippen LogP contribution in [0.2, 0.25) is 0 Å². The predicted molar refractivity (Wildman–Crippen MR) is 275 cm³/mol. The molecule has 310 valence electrons. The Labute approximate surface area is 377 Å². The highest BCUT2D eigenvalue weighted by atomic mass is 31.2. The number of aliphatic imine (C=N–C) groups is 2. The van der Waals surface area contributed by atoms with Gasteiger partial charge in [-0.3, -0.25) is 9.98 Å². The van der Waals surface area contributed by atoms with E-state index in [1.165, 1.54) is 31.8 Å².